The molecule has 10 rings (SSSR count). The average Bonchev–Trinajstić information content (AvgIpc) is 3.78. The van der Waals surface area contributed by atoms with Gasteiger partial charge < -0.3 is 8.83 Å². The molecule has 0 bridgehead atoms. The maximum Gasteiger partial charge on any atom is 0.135 e. The molecule has 3 heterocycles. The summed E-state index contributed by atoms with van der Waals surface area (Å²) in [5.74, 6) is 0. The second-order valence-electron chi connectivity index (χ2n) is 11.7. The van der Waals surface area contributed by atoms with Crippen molar-refractivity contribution in [1.82, 2.24) is 0 Å². The molecule has 210 valence electrons. The number of thiophene rings is 1. The summed E-state index contributed by atoms with van der Waals surface area (Å²) in [6.45, 7) is 0. The molecule has 3 heteroatoms. The molecule has 0 fully saturated rings. The topological polar surface area (TPSA) is 26.3 Å². The van der Waals surface area contributed by atoms with Crippen molar-refractivity contribution in [2.24, 2.45) is 0 Å². The summed E-state index contributed by atoms with van der Waals surface area (Å²) in [5, 5.41) is 7.18. The van der Waals surface area contributed by atoms with Gasteiger partial charge in [-0.3, -0.25) is 0 Å². The first-order chi connectivity index (χ1) is 22.3. The molecule has 0 aliphatic carbocycles. The third-order valence-electron chi connectivity index (χ3n) is 9.11. The van der Waals surface area contributed by atoms with Crippen LogP contribution in [0.15, 0.2) is 154 Å². The van der Waals surface area contributed by atoms with E-state index < -0.39 is 0 Å². The largest absolute Gasteiger partial charge is 0.456 e. The molecule has 0 aliphatic rings. The molecule has 0 unspecified atom stereocenters. The fourth-order valence-corrected chi connectivity index (χ4v) is 8.03. The minimum Gasteiger partial charge on any atom is -0.456 e. The number of benzene rings is 7. The second kappa shape index (κ2) is 9.43. The van der Waals surface area contributed by atoms with Crippen molar-refractivity contribution in [2.45, 2.75) is 0 Å². The summed E-state index contributed by atoms with van der Waals surface area (Å²) in [5.41, 5.74) is 10.8. The van der Waals surface area contributed by atoms with Gasteiger partial charge in [0, 0.05) is 41.7 Å². The van der Waals surface area contributed by atoms with Crippen LogP contribution in [0.5, 0.6) is 0 Å². The molecule has 0 saturated heterocycles. The highest BCUT2D eigenvalue weighted by Gasteiger charge is 2.14. The van der Waals surface area contributed by atoms with Crippen LogP contribution in [0.1, 0.15) is 0 Å². The zero-order valence-electron chi connectivity index (χ0n) is 24.1. The second-order valence-corrected chi connectivity index (χ2v) is 12.8. The first-order valence-electron chi connectivity index (χ1n) is 15.2. The first kappa shape index (κ1) is 24.8. The Morgan fingerprint density at radius 2 is 0.822 bits per heavy atom. The summed E-state index contributed by atoms with van der Waals surface area (Å²) < 4.78 is 15.0. The summed E-state index contributed by atoms with van der Waals surface area (Å²) in [4.78, 5) is 0. The molecule has 45 heavy (non-hydrogen) atoms. The Kier molecular flexibility index (Phi) is 5.19. The maximum atomic E-state index is 6.28. The maximum absolute atomic E-state index is 6.28. The van der Waals surface area contributed by atoms with Gasteiger partial charge in [-0.25, -0.2) is 0 Å². The molecule has 0 spiro atoms. The molecule has 0 aliphatic heterocycles. The summed E-state index contributed by atoms with van der Waals surface area (Å²) in [6.07, 6.45) is 0. The van der Waals surface area contributed by atoms with Crippen LogP contribution >= 0.6 is 11.3 Å². The van der Waals surface area contributed by atoms with E-state index in [1.54, 1.807) is 0 Å². The summed E-state index contributed by atoms with van der Waals surface area (Å²) in [7, 11) is 0. The van der Waals surface area contributed by atoms with Crippen LogP contribution in [0.3, 0.4) is 0 Å². The quantitative estimate of drug-likeness (QED) is 0.204. The number of hydrogen-bond acceptors (Lipinski definition) is 3. The lowest BCUT2D eigenvalue weighted by atomic mass is 9.96. The van der Waals surface area contributed by atoms with Gasteiger partial charge in [0.1, 0.15) is 22.3 Å². The van der Waals surface area contributed by atoms with E-state index in [-0.39, 0.29) is 0 Å². The van der Waals surface area contributed by atoms with Gasteiger partial charge in [0.15, 0.2) is 0 Å². The molecule has 2 nitrogen and oxygen atoms in total. The van der Waals surface area contributed by atoms with Crippen molar-refractivity contribution in [3.05, 3.63) is 146 Å². The monoisotopic (exact) mass is 592 g/mol. The lowest BCUT2D eigenvalue weighted by Crippen LogP contribution is -1.82. The van der Waals surface area contributed by atoms with E-state index in [1.165, 1.54) is 42.4 Å². The minimum absolute atomic E-state index is 0.896. The normalized spacial score (nSPS) is 12.0. The highest BCUT2D eigenvalue weighted by atomic mass is 32.1. The molecule has 0 saturated carbocycles. The molecule has 0 amide bonds. The van der Waals surface area contributed by atoms with Crippen molar-refractivity contribution in [3.8, 4) is 33.4 Å². The van der Waals surface area contributed by atoms with E-state index >= 15 is 0 Å². The highest BCUT2D eigenvalue weighted by Crippen LogP contribution is 2.41. The Morgan fingerprint density at radius 3 is 1.51 bits per heavy atom. The third kappa shape index (κ3) is 3.81. The molecule has 7 aromatic carbocycles. The molecule has 3 aromatic heterocycles. The van der Waals surface area contributed by atoms with Gasteiger partial charge in [-0.1, -0.05) is 91.0 Å². The van der Waals surface area contributed by atoms with Gasteiger partial charge in [-0.05, 0) is 88.0 Å². The Labute approximate surface area is 262 Å². The SMILES string of the molecule is c1ccc2c(c1)oc1ccc(-c3ccc4oc5ccc(-c6ccc(-c7cccc8sc9ccccc9c78)cc6)cc5c4c3)cc12. The number of furan rings is 2. The molecular weight excluding hydrogens is 569 g/mol. The standard InChI is InChI=1S/C42H24O2S/c1-3-9-36-31(6-1)33-23-28(17-20-37(33)43-36)29-18-21-39-35(24-29)34-22-27(16-19-38(34)44-39)25-12-14-26(15-13-25)30-8-5-11-41-42(30)32-7-2-4-10-40(32)45-41/h1-24H. The van der Waals surface area contributed by atoms with E-state index in [4.69, 9.17) is 8.83 Å². The van der Waals surface area contributed by atoms with Gasteiger partial charge in [-0.15, -0.1) is 11.3 Å². The van der Waals surface area contributed by atoms with Gasteiger partial charge in [0.05, 0.1) is 0 Å². The molecule has 10 aromatic rings. The van der Waals surface area contributed by atoms with Crippen molar-refractivity contribution in [2.75, 3.05) is 0 Å². The average molecular weight is 593 g/mol. The number of hydrogen-bond donors (Lipinski definition) is 0. The van der Waals surface area contributed by atoms with Crippen LogP contribution in [0, 0.1) is 0 Å². The number of fused-ring (bicyclic) bond motifs is 9. The zero-order valence-corrected chi connectivity index (χ0v) is 24.9. The predicted molar refractivity (Wildman–Crippen MR) is 190 cm³/mol. The number of rotatable bonds is 3. The van der Waals surface area contributed by atoms with E-state index in [0.29, 0.717) is 0 Å². The van der Waals surface area contributed by atoms with Crippen LogP contribution in [0.25, 0.3) is 97.4 Å². The van der Waals surface area contributed by atoms with Crippen molar-refractivity contribution >= 4 is 75.4 Å². The summed E-state index contributed by atoms with van der Waals surface area (Å²) >= 11 is 1.86. The lowest BCUT2D eigenvalue weighted by Gasteiger charge is -2.07. The Hall–Kier alpha value is -5.64. The van der Waals surface area contributed by atoms with Gasteiger partial charge in [-0.2, -0.15) is 0 Å². The first-order valence-corrected chi connectivity index (χ1v) is 16.0. The van der Waals surface area contributed by atoms with Crippen molar-refractivity contribution in [1.29, 1.82) is 0 Å². The molecule has 0 atom stereocenters. The van der Waals surface area contributed by atoms with E-state index in [1.807, 2.05) is 23.5 Å². The Balaban J connectivity index is 1.05. The van der Waals surface area contributed by atoms with Crippen LogP contribution in [0.2, 0.25) is 0 Å². The predicted octanol–water partition coefficient (Wildman–Crippen LogP) is 12.9. The van der Waals surface area contributed by atoms with E-state index in [0.717, 1.165) is 55.0 Å². The van der Waals surface area contributed by atoms with E-state index in [9.17, 15) is 0 Å². The van der Waals surface area contributed by atoms with Crippen LogP contribution in [-0.4, -0.2) is 0 Å². The molecular formula is C42H24O2S. The van der Waals surface area contributed by atoms with Crippen LogP contribution in [0.4, 0.5) is 0 Å². The van der Waals surface area contributed by atoms with Crippen LogP contribution < -0.4 is 0 Å². The smallest absolute Gasteiger partial charge is 0.135 e. The van der Waals surface area contributed by atoms with Gasteiger partial charge >= 0.3 is 0 Å². The third-order valence-corrected chi connectivity index (χ3v) is 10.2. The number of para-hydroxylation sites is 1. The highest BCUT2D eigenvalue weighted by molar-refractivity contribution is 7.25. The zero-order chi connectivity index (χ0) is 29.5. The fourth-order valence-electron chi connectivity index (χ4n) is 6.90. The molecule has 0 N–H and O–H groups in total. The summed E-state index contributed by atoms with van der Waals surface area (Å²) in [6, 6.07) is 52.0. The fraction of sp³-hybridized carbons (Fsp3) is 0. The van der Waals surface area contributed by atoms with Crippen molar-refractivity contribution in [3.63, 3.8) is 0 Å². The molecule has 0 radical (unpaired) electrons. The van der Waals surface area contributed by atoms with Gasteiger partial charge in [0.25, 0.3) is 0 Å². The van der Waals surface area contributed by atoms with E-state index in [2.05, 4.69) is 133 Å². The Bertz CT molecular complexity index is 2760. The Morgan fingerprint density at radius 1 is 0.333 bits per heavy atom. The lowest BCUT2D eigenvalue weighted by molar-refractivity contribution is 0.668. The minimum atomic E-state index is 0.896. The van der Waals surface area contributed by atoms with Gasteiger partial charge in [0.2, 0.25) is 0 Å². The van der Waals surface area contributed by atoms with Crippen molar-refractivity contribution < 1.29 is 8.83 Å². The van der Waals surface area contributed by atoms with Crippen LogP contribution in [-0.2, 0) is 0 Å².